The molecule has 5 heteroatoms. The number of benzene rings is 1. The van der Waals surface area contributed by atoms with Crippen LogP contribution in [-0.2, 0) is 11.8 Å². The Bertz CT molecular complexity index is 589. The van der Waals surface area contributed by atoms with E-state index in [0.29, 0.717) is 12.4 Å². The van der Waals surface area contributed by atoms with E-state index in [1.54, 1.807) is 10.9 Å². The molecule has 0 radical (unpaired) electrons. The van der Waals surface area contributed by atoms with Crippen LogP contribution in [0.15, 0.2) is 30.5 Å². The number of aromatic nitrogens is 2. The summed E-state index contributed by atoms with van der Waals surface area (Å²) >= 11 is 0. The fourth-order valence-corrected chi connectivity index (χ4v) is 2.43. The van der Waals surface area contributed by atoms with Gasteiger partial charge in [0.15, 0.2) is 0 Å². The first-order valence-electron chi connectivity index (χ1n) is 6.87. The Labute approximate surface area is 118 Å². The molecular formula is C15H19N3O2. The van der Waals surface area contributed by atoms with Gasteiger partial charge in [0.1, 0.15) is 17.7 Å². The number of anilines is 1. The summed E-state index contributed by atoms with van der Waals surface area (Å²) in [6.07, 6.45) is 3.95. The highest BCUT2D eigenvalue weighted by molar-refractivity contribution is 5.78. The van der Waals surface area contributed by atoms with Gasteiger partial charge in [-0.3, -0.25) is 4.68 Å². The van der Waals surface area contributed by atoms with Crippen molar-refractivity contribution in [1.29, 1.82) is 0 Å². The molecule has 1 aromatic heterocycles. The maximum atomic E-state index is 6.09. The third-order valence-corrected chi connectivity index (χ3v) is 3.57. The van der Waals surface area contributed by atoms with Gasteiger partial charge in [-0.15, -0.1) is 0 Å². The molecule has 1 aliphatic rings. The minimum absolute atomic E-state index is 0.114. The molecule has 2 heterocycles. The predicted octanol–water partition coefficient (Wildman–Crippen LogP) is 2.23. The van der Waals surface area contributed by atoms with Gasteiger partial charge in [0.25, 0.3) is 0 Å². The number of hydrogen-bond donors (Lipinski definition) is 1. The van der Waals surface area contributed by atoms with Crippen LogP contribution in [0.1, 0.15) is 12.8 Å². The highest BCUT2D eigenvalue weighted by atomic mass is 16.5. The largest absolute Gasteiger partial charge is 0.487 e. The number of nitrogens with two attached hydrogens (primary N) is 1. The normalized spacial score (nSPS) is 18.9. The molecule has 2 N–H and O–H groups in total. The van der Waals surface area contributed by atoms with Crippen LogP contribution in [0.2, 0.25) is 0 Å². The summed E-state index contributed by atoms with van der Waals surface area (Å²) in [5, 5.41) is 4.19. The van der Waals surface area contributed by atoms with E-state index in [9.17, 15) is 0 Å². The summed E-state index contributed by atoms with van der Waals surface area (Å²) in [4.78, 5) is 0. The highest BCUT2D eigenvalue weighted by Gasteiger charge is 2.18. The lowest BCUT2D eigenvalue weighted by Crippen LogP contribution is -2.28. The third-order valence-electron chi connectivity index (χ3n) is 3.57. The Kier molecular flexibility index (Phi) is 3.60. The van der Waals surface area contributed by atoms with Crippen molar-refractivity contribution < 1.29 is 9.47 Å². The summed E-state index contributed by atoms with van der Waals surface area (Å²) in [7, 11) is 1.83. The smallest absolute Gasteiger partial charge is 0.129 e. The SMILES string of the molecule is Cn1ncc(-c2ccccc2OC2CCCOC2)c1N. The van der Waals surface area contributed by atoms with Crippen molar-refractivity contribution in [3.63, 3.8) is 0 Å². The molecule has 0 saturated carbocycles. The first-order chi connectivity index (χ1) is 9.75. The quantitative estimate of drug-likeness (QED) is 0.931. The third kappa shape index (κ3) is 2.49. The first kappa shape index (κ1) is 13.0. The molecule has 0 bridgehead atoms. The van der Waals surface area contributed by atoms with E-state index in [1.165, 1.54) is 0 Å². The monoisotopic (exact) mass is 273 g/mol. The fraction of sp³-hybridized carbons (Fsp3) is 0.400. The topological polar surface area (TPSA) is 62.3 Å². The summed E-state index contributed by atoms with van der Waals surface area (Å²) in [5.74, 6) is 1.48. The predicted molar refractivity (Wildman–Crippen MR) is 77.5 cm³/mol. The Morgan fingerprint density at radius 2 is 2.20 bits per heavy atom. The Morgan fingerprint density at radius 3 is 2.90 bits per heavy atom. The summed E-state index contributed by atoms with van der Waals surface area (Å²) in [5.41, 5.74) is 7.94. The van der Waals surface area contributed by atoms with Gasteiger partial charge in [0.2, 0.25) is 0 Å². The Balaban J connectivity index is 1.90. The van der Waals surface area contributed by atoms with Gasteiger partial charge in [-0.2, -0.15) is 5.10 Å². The van der Waals surface area contributed by atoms with Gasteiger partial charge >= 0.3 is 0 Å². The van der Waals surface area contributed by atoms with E-state index in [2.05, 4.69) is 5.10 Å². The van der Waals surface area contributed by atoms with Gasteiger partial charge in [-0.25, -0.2) is 0 Å². The molecule has 1 fully saturated rings. The molecule has 0 spiro atoms. The van der Waals surface area contributed by atoms with Crippen molar-refractivity contribution in [3.05, 3.63) is 30.5 Å². The molecule has 1 saturated heterocycles. The van der Waals surface area contributed by atoms with E-state index in [4.69, 9.17) is 15.2 Å². The van der Waals surface area contributed by atoms with Crippen LogP contribution in [0.25, 0.3) is 11.1 Å². The molecular weight excluding hydrogens is 254 g/mol. The van der Waals surface area contributed by atoms with Crippen LogP contribution in [-0.4, -0.2) is 29.1 Å². The lowest BCUT2D eigenvalue weighted by molar-refractivity contribution is 0.00768. The molecule has 1 aliphatic heterocycles. The molecule has 20 heavy (non-hydrogen) atoms. The molecule has 0 aliphatic carbocycles. The van der Waals surface area contributed by atoms with Gasteiger partial charge in [-0.05, 0) is 18.9 Å². The second-order valence-corrected chi connectivity index (χ2v) is 5.02. The maximum absolute atomic E-state index is 6.09. The summed E-state index contributed by atoms with van der Waals surface area (Å²) < 4.78 is 13.2. The zero-order chi connectivity index (χ0) is 13.9. The zero-order valence-electron chi connectivity index (χ0n) is 11.6. The van der Waals surface area contributed by atoms with E-state index in [1.807, 2.05) is 31.3 Å². The first-order valence-corrected chi connectivity index (χ1v) is 6.87. The van der Waals surface area contributed by atoms with Crippen molar-refractivity contribution in [3.8, 4) is 16.9 Å². The highest BCUT2D eigenvalue weighted by Crippen LogP contribution is 2.34. The molecule has 1 atom stereocenters. The lowest BCUT2D eigenvalue weighted by Gasteiger charge is -2.24. The number of nitrogen functional groups attached to an aromatic ring is 1. The van der Waals surface area contributed by atoms with Crippen LogP contribution in [0, 0.1) is 0 Å². The second-order valence-electron chi connectivity index (χ2n) is 5.02. The van der Waals surface area contributed by atoms with Gasteiger partial charge < -0.3 is 15.2 Å². The lowest BCUT2D eigenvalue weighted by atomic mass is 10.1. The van der Waals surface area contributed by atoms with E-state index in [0.717, 1.165) is 36.3 Å². The Hall–Kier alpha value is -2.01. The van der Waals surface area contributed by atoms with Crippen LogP contribution in [0.5, 0.6) is 5.75 Å². The average molecular weight is 273 g/mol. The number of ether oxygens (including phenoxy) is 2. The van der Waals surface area contributed by atoms with Crippen LogP contribution >= 0.6 is 0 Å². The maximum Gasteiger partial charge on any atom is 0.129 e. The van der Waals surface area contributed by atoms with Crippen molar-refractivity contribution in [2.75, 3.05) is 18.9 Å². The van der Waals surface area contributed by atoms with Gasteiger partial charge in [-0.1, -0.05) is 18.2 Å². The molecule has 0 amide bonds. The van der Waals surface area contributed by atoms with Gasteiger partial charge in [0, 0.05) is 24.8 Å². The van der Waals surface area contributed by atoms with Crippen molar-refractivity contribution in [1.82, 2.24) is 9.78 Å². The minimum atomic E-state index is 0.114. The average Bonchev–Trinajstić information content (AvgIpc) is 2.81. The summed E-state index contributed by atoms with van der Waals surface area (Å²) in [6, 6.07) is 7.92. The molecule has 2 aromatic rings. The van der Waals surface area contributed by atoms with Crippen LogP contribution < -0.4 is 10.5 Å². The van der Waals surface area contributed by atoms with Crippen molar-refractivity contribution in [2.24, 2.45) is 7.05 Å². The molecule has 106 valence electrons. The van der Waals surface area contributed by atoms with Crippen LogP contribution in [0.3, 0.4) is 0 Å². The zero-order valence-corrected chi connectivity index (χ0v) is 11.6. The Morgan fingerprint density at radius 1 is 1.35 bits per heavy atom. The number of hydrogen-bond acceptors (Lipinski definition) is 4. The number of rotatable bonds is 3. The number of nitrogens with zero attached hydrogens (tertiary/aromatic N) is 2. The number of para-hydroxylation sites is 1. The van der Waals surface area contributed by atoms with E-state index < -0.39 is 0 Å². The molecule has 3 rings (SSSR count). The van der Waals surface area contributed by atoms with Crippen LogP contribution in [0.4, 0.5) is 5.82 Å². The van der Waals surface area contributed by atoms with Gasteiger partial charge in [0.05, 0.1) is 12.8 Å². The fourth-order valence-electron chi connectivity index (χ4n) is 2.43. The summed E-state index contributed by atoms with van der Waals surface area (Å²) in [6.45, 7) is 1.48. The van der Waals surface area contributed by atoms with E-state index in [-0.39, 0.29) is 6.10 Å². The van der Waals surface area contributed by atoms with Crippen molar-refractivity contribution >= 4 is 5.82 Å². The minimum Gasteiger partial charge on any atom is -0.487 e. The van der Waals surface area contributed by atoms with E-state index >= 15 is 0 Å². The molecule has 1 aromatic carbocycles. The standard InChI is InChI=1S/C15H19N3O2/c1-18-15(16)13(9-17-18)12-6-2-3-7-14(12)20-11-5-4-8-19-10-11/h2-3,6-7,9,11H,4-5,8,10,16H2,1H3. The van der Waals surface area contributed by atoms with Crippen molar-refractivity contribution in [2.45, 2.75) is 18.9 Å². The molecule has 1 unspecified atom stereocenters. The second kappa shape index (κ2) is 5.54. The molecule has 5 nitrogen and oxygen atoms in total. The number of aryl methyl sites for hydroxylation is 1.